The lowest BCUT2D eigenvalue weighted by Crippen LogP contribution is -2.57. The Bertz CT molecular complexity index is 532. The molecule has 0 radical (unpaired) electrons. The molecule has 0 heterocycles. The summed E-state index contributed by atoms with van der Waals surface area (Å²) in [5, 5.41) is 12.6. The second-order valence-corrected chi connectivity index (χ2v) is 6.49. The number of benzene rings is 1. The Morgan fingerprint density at radius 2 is 2.05 bits per heavy atom. The highest BCUT2D eigenvalue weighted by atomic mass is 32.2. The Labute approximate surface area is 124 Å². The molecular weight excluding hydrogens is 303 g/mol. The molecule has 2 rings (SSSR count). The number of rotatable bonds is 5. The van der Waals surface area contributed by atoms with Crippen molar-refractivity contribution in [3.8, 4) is 0 Å². The zero-order valence-corrected chi connectivity index (χ0v) is 12.3. The van der Waals surface area contributed by atoms with Crippen LogP contribution in [0.5, 0.6) is 0 Å². The second kappa shape index (κ2) is 6.27. The molecule has 0 aromatic heterocycles. The number of hydrogen-bond donors (Lipinski definition) is 2. The fraction of sp³-hybridized carbons (Fsp3) is 0.500. The normalized spacial score (nSPS) is 24.5. The van der Waals surface area contributed by atoms with Crippen LogP contribution in [0.4, 0.5) is 13.2 Å². The van der Waals surface area contributed by atoms with Crippen LogP contribution in [0.3, 0.4) is 0 Å². The van der Waals surface area contributed by atoms with Gasteiger partial charge in [-0.15, -0.1) is 0 Å². The molecule has 0 bridgehead atoms. The molecule has 2 atom stereocenters. The van der Waals surface area contributed by atoms with E-state index in [0.29, 0.717) is 18.6 Å². The van der Waals surface area contributed by atoms with Gasteiger partial charge in [0.1, 0.15) is 23.0 Å². The summed E-state index contributed by atoms with van der Waals surface area (Å²) >= 11 is 1.58. The predicted octanol–water partition coefficient (Wildman–Crippen LogP) is 2.48. The number of aliphatic hydroxyl groups is 1. The van der Waals surface area contributed by atoms with Gasteiger partial charge in [-0.3, -0.25) is 4.79 Å². The van der Waals surface area contributed by atoms with Crippen LogP contribution >= 0.6 is 11.8 Å². The van der Waals surface area contributed by atoms with Crippen molar-refractivity contribution in [2.75, 3.05) is 12.3 Å². The van der Waals surface area contributed by atoms with Crippen molar-refractivity contribution < 1.29 is 23.1 Å². The molecule has 0 saturated heterocycles. The Hall–Kier alpha value is -1.21. The number of halogens is 3. The van der Waals surface area contributed by atoms with Crippen molar-refractivity contribution >= 4 is 17.7 Å². The molecule has 1 aliphatic carbocycles. The molecule has 0 spiro atoms. The van der Waals surface area contributed by atoms with Gasteiger partial charge >= 0.3 is 0 Å². The summed E-state index contributed by atoms with van der Waals surface area (Å²) in [5.74, 6) is -3.76. The average molecular weight is 319 g/mol. The fourth-order valence-corrected chi connectivity index (χ4v) is 3.52. The number of nitrogens with one attached hydrogen (secondary N) is 1. The molecule has 0 unspecified atom stereocenters. The maximum Gasteiger partial charge on any atom is 0.257 e. The molecular formula is C14H16F3NO2S. The minimum atomic E-state index is -1.26. The quantitative estimate of drug-likeness (QED) is 0.877. The summed E-state index contributed by atoms with van der Waals surface area (Å²) in [6.45, 7) is 1.88. The van der Waals surface area contributed by atoms with Gasteiger partial charge in [0, 0.05) is 23.9 Å². The van der Waals surface area contributed by atoms with Crippen LogP contribution in [0.25, 0.3) is 0 Å². The molecule has 116 valence electrons. The van der Waals surface area contributed by atoms with E-state index in [4.69, 9.17) is 0 Å². The van der Waals surface area contributed by atoms with Crippen molar-refractivity contribution in [3.05, 3.63) is 35.1 Å². The molecule has 1 amide bonds. The standard InChI is InChI=1S/C14H16F3NO2S/c1-2-21-11-3-4-14(11,20)7-18-13(19)12-9(16)5-8(15)6-10(12)17/h5-6,11,20H,2-4,7H2,1H3,(H,18,19)/t11-,14-/m1/s1. The predicted molar refractivity (Wildman–Crippen MR) is 74.8 cm³/mol. The number of carbonyl (C=O) groups is 1. The van der Waals surface area contributed by atoms with Crippen molar-refractivity contribution in [2.24, 2.45) is 0 Å². The Morgan fingerprint density at radius 1 is 1.43 bits per heavy atom. The summed E-state index contributed by atoms with van der Waals surface area (Å²) in [4.78, 5) is 11.8. The number of amides is 1. The Kier molecular flexibility index (Phi) is 4.83. The smallest absolute Gasteiger partial charge is 0.257 e. The highest BCUT2D eigenvalue weighted by molar-refractivity contribution is 8.00. The molecule has 1 fully saturated rings. The summed E-state index contributed by atoms with van der Waals surface area (Å²) in [5.41, 5.74) is -1.89. The molecule has 7 heteroatoms. The highest BCUT2D eigenvalue weighted by Gasteiger charge is 2.45. The molecule has 3 nitrogen and oxygen atoms in total. The minimum absolute atomic E-state index is 0.00529. The third kappa shape index (κ3) is 3.35. The van der Waals surface area contributed by atoms with E-state index in [9.17, 15) is 23.1 Å². The molecule has 0 aliphatic heterocycles. The fourth-order valence-electron chi connectivity index (χ4n) is 2.32. The second-order valence-electron chi connectivity index (χ2n) is 5.01. The van der Waals surface area contributed by atoms with Crippen LogP contribution in [-0.4, -0.2) is 34.2 Å². The molecule has 1 aromatic rings. The molecule has 1 aromatic carbocycles. The van der Waals surface area contributed by atoms with Crippen LogP contribution in [0.2, 0.25) is 0 Å². The SMILES string of the molecule is CCS[C@@H]1CC[C@@]1(O)CNC(=O)c1c(F)cc(F)cc1F. The molecule has 21 heavy (non-hydrogen) atoms. The first kappa shape index (κ1) is 16.2. The number of hydrogen-bond acceptors (Lipinski definition) is 3. The van der Waals surface area contributed by atoms with Crippen molar-refractivity contribution in [3.63, 3.8) is 0 Å². The molecule has 2 N–H and O–H groups in total. The van der Waals surface area contributed by atoms with E-state index in [0.717, 1.165) is 12.2 Å². The minimum Gasteiger partial charge on any atom is -0.387 e. The Balaban J connectivity index is 2.03. The first-order chi connectivity index (χ1) is 9.87. The lowest BCUT2D eigenvalue weighted by Gasteiger charge is -2.45. The highest BCUT2D eigenvalue weighted by Crippen LogP contribution is 2.40. The van der Waals surface area contributed by atoms with Gasteiger partial charge in [0.2, 0.25) is 0 Å². The van der Waals surface area contributed by atoms with Crippen LogP contribution in [0.1, 0.15) is 30.1 Å². The first-order valence-electron chi connectivity index (χ1n) is 6.64. The van der Waals surface area contributed by atoms with E-state index in [1.165, 1.54) is 0 Å². The van der Waals surface area contributed by atoms with Gasteiger partial charge in [0.05, 0.1) is 5.60 Å². The van der Waals surface area contributed by atoms with E-state index in [2.05, 4.69) is 5.32 Å². The maximum absolute atomic E-state index is 13.5. The summed E-state index contributed by atoms with van der Waals surface area (Å²) < 4.78 is 39.7. The first-order valence-corrected chi connectivity index (χ1v) is 7.69. The van der Waals surface area contributed by atoms with Crippen molar-refractivity contribution in [1.29, 1.82) is 0 Å². The number of carbonyl (C=O) groups excluding carboxylic acids is 1. The van der Waals surface area contributed by atoms with E-state index >= 15 is 0 Å². The van der Waals surface area contributed by atoms with E-state index in [1.54, 1.807) is 11.8 Å². The number of thioether (sulfide) groups is 1. The van der Waals surface area contributed by atoms with Gasteiger partial charge in [-0.2, -0.15) is 11.8 Å². The van der Waals surface area contributed by atoms with Crippen LogP contribution in [0.15, 0.2) is 12.1 Å². The van der Waals surface area contributed by atoms with Gasteiger partial charge in [-0.25, -0.2) is 13.2 Å². The van der Waals surface area contributed by atoms with Gasteiger partial charge in [-0.05, 0) is 18.6 Å². The van der Waals surface area contributed by atoms with Crippen LogP contribution in [0, 0.1) is 17.5 Å². The van der Waals surface area contributed by atoms with Gasteiger partial charge < -0.3 is 10.4 Å². The zero-order chi connectivity index (χ0) is 15.6. The molecule has 1 saturated carbocycles. The lowest BCUT2D eigenvalue weighted by atomic mass is 9.79. The van der Waals surface area contributed by atoms with E-state index < -0.39 is 34.5 Å². The monoisotopic (exact) mass is 319 g/mol. The third-order valence-corrected chi connectivity index (χ3v) is 5.01. The Morgan fingerprint density at radius 3 is 2.52 bits per heavy atom. The molecule has 1 aliphatic rings. The summed E-state index contributed by atoms with van der Waals surface area (Å²) in [7, 11) is 0. The van der Waals surface area contributed by atoms with Crippen molar-refractivity contribution in [2.45, 2.75) is 30.6 Å². The maximum atomic E-state index is 13.5. The van der Waals surface area contributed by atoms with E-state index in [-0.39, 0.29) is 11.8 Å². The van der Waals surface area contributed by atoms with Crippen molar-refractivity contribution in [1.82, 2.24) is 5.32 Å². The summed E-state index contributed by atoms with van der Waals surface area (Å²) in [6.07, 6.45) is 1.36. The van der Waals surface area contributed by atoms with Crippen LogP contribution < -0.4 is 5.32 Å². The topological polar surface area (TPSA) is 49.3 Å². The largest absolute Gasteiger partial charge is 0.387 e. The summed E-state index contributed by atoms with van der Waals surface area (Å²) in [6, 6.07) is 0.900. The van der Waals surface area contributed by atoms with Gasteiger partial charge in [0.15, 0.2) is 0 Å². The lowest BCUT2D eigenvalue weighted by molar-refractivity contribution is -0.0222. The third-order valence-electron chi connectivity index (χ3n) is 3.60. The van der Waals surface area contributed by atoms with Crippen LogP contribution in [-0.2, 0) is 0 Å². The average Bonchev–Trinajstić information content (AvgIpc) is 2.39. The van der Waals surface area contributed by atoms with Gasteiger partial charge in [-0.1, -0.05) is 6.92 Å². The zero-order valence-electron chi connectivity index (χ0n) is 11.5. The van der Waals surface area contributed by atoms with E-state index in [1.807, 2.05) is 6.92 Å². The van der Waals surface area contributed by atoms with Gasteiger partial charge in [0.25, 0.3) is 5.91 Å².